The maximum Gasteiger partial charge on any atom is 0.298 e. The van der Waals surface area contributed by atoms with Crippen molar-refractivity contribution < 1.29 is 9.53 Å². The van der Waals surface area contributed by atoms with E-state index >= 15 is 0 Å². The molecule has 0 aliphatic heterocycles. The summed E-state index contributed by atoms with van der Waals surface area (Å²) in [5, 5.41) is 0. The summed E-state index contributed by atoms with van der Waals surface area (Å²) in [6.45, 7) is 24.0. The molecule has 276 valence electrons. The SMILES string of the molecule is CC(C)[C@@H]1CC[C@]2(N(CCN(C)C)CCN(C)C)CC[C@]3(C)[C@H](CC[C@@H]4[C@@]5(C)CC[C@H](c6ccc(OC=O)cc6)C(C)(C)[C@@H]5CC[C@]43C)[C@@H]12. The predicted molar refractivity (Wildman–Crippen MR) is 204 cm³/mol. The lowest BCUT2D eigenvalue weighted by atomic mass is 9.32. The topological polar surface area (TPSA) is 36.0 Å². The van der Waals surface area contributed by atoms with E-state index in [1.807, 2.05) is 12.1 Å². The molecule has 5 fully saturated rings. The highest BCUT2D eigenvalue weighted by Crippen LogP contribution is 2.77. The summed E-state index contributed by atoms with van der Waals surface area (Å²) in [6, 6.07) is 8.45. The van der Waals surface area contributed by atoms with Gasteiger partial charge in [0.2, 0.25) is 0 Å². The van der Waals surface area contributed by atoms with Gasteiger partial charge in [0.25, 0.3) is 6.47 Å². The van der Waals surface area contributed by atoms with E-state index in [9.17, 15) is 4.79 Å². The van der Waals surface area contributed by atoms with Gasteiger partial charge in [-0.25, -0.2) is 0 Å². The zero-order chi connectivity index (χ0) is 35.6. The molecule has 5 nitrogen and oxygen atoms in total. The molecule has 0 unspecified atom stereocenters. The van der Waals surface area contributed by atoms with Crippen LogP contribution >= 0.6 is 0 Å². The first-order valence-corrected chi connectivity index (χ1v) is 20.3. The largest absolute Gasteiger partial charge is 0.429 e. The number of nitrogens with zero attached hydrogens (tertiary/aromatic N) is 3. The van der Waals surface area contributed by atoms with Crippen molar-refractivity contribution in [1.29, 1.82) is 0 Å². The van der Waals surface area contributed by atoms with E-state index in [1.165, 1.54) is 82.9 Å². The molecule has 0 spiro atoms. The summed E-state index contributed by atoms with van der Waals surface area (Å²) in [5.74, 6) is 5.97. The van der Waals surface area contributed by atoms with Crippen molar-refractivity contribution in [2.45, 2.75) is 124 Å². The minimum Gasteiger partial charge on any atom is -0.429 e. The summed E-state index contributed by atoms with van der Waals surface area (Å²) < 4.78 is 5.15. The van der Waals surface area contributed by atoms with Crippen molar-refractivity contribution >= 4 is 6.47 Å². The molecule has 5 heteroatoms. The number of ether oxygens (including phenoxy) is 1. The Morgan fingerprint density at radius 3 is 1.98 bits per heavy atom. The molecule has 10 atom stereocenters. The van der Waals surface area contributed by atoms with E-state index < -0.39 is 0 Å². The second kappa shape index (κ2) is 13.5. The van der Waals surface area contributed by atoms with Crippen molar-refractivity contribution in [3.8, 4) is 5.75 Å². The number of fused-ring (bicyclic) bond motifs is 7. The lowest BCUT2D eigenvalue weighted by Gasteiger charge is -2.73. The van der Waals surface area contributed by atoms with Crippen LogP contribution in [0, 0.1) is 57.2 Å². The molecule has 0 heterocycles. The molecule has 6 rings (SSSR count). The number of hydrogen-bond donors (Lipinski definition) is 0. The zero-order valence-corrected chi connectivity index (χ0v) is 33.5. The highest BCUT2D eigenvalue weighted by molar-refractivity contribution is 5.45. The second-order valence-corrected chi connectivity index (χ2v) is 20.0. The third-order valence-electron chi connectivity index (χ3n) is 17.1. The number of likely N-dealkylation sites (N-methyl/N-ethyl adjacent to an activating group) is 2. The van der Waals surface area contributed by atoms with Gasteiger partial charge in [0.05, 0.1) is 0 Å². The lowest BCUT2D eigenvalue weighted by Crippen LogP contribution is -2.69. The predicted octanol–water partition coefficient (Wildman–Crippen LogP) is 9.22. The first-order chi connectivity index (χ1) is 23.0. The molecule has 0 aromatic heterocycles. The Morgan fingerprint density at radius 1 is 0.735 bits per heavy atom. The van der Waals surface area contributed by atoms with Crippen LogP contribution in [0.3, 0.4) is 0 Å². The van der Waals surface area contributed by atoms with Crippen molar-refractivity contribution in [1.82, 2.24) is 14.7 Å². The number of benzene rings is 1. The van der Waals surface area contributed by atoms with Crippen LogP contribution in [0.5, 0.6) is 5.75 Å². The number of rotatable bonds is 11. The maximum atomic E-state index is 10.9. The van der Waals surface area contributed by atoms with Gasteiger partial charge in [-0.3, -0.25) is 9.69 Å². The zero-order valence-electron chi connectivity index (χ0n) is 33.5. The molecular formula is C44H73N3O2. The van der Waals surface area contributed by atoms with Gasteiger partial charge in [-0.1, -0.05) is 60.6 Å². The quantitative estimate of drug-likeness (QED) is 0.219. The first kappa shape index (κ1) is 37.3. The standard InChI is InChI=1S/C44H73N3O2/c1-31(2)34-18-23-44(47(28-26-45(8)9)29-27-46(10)11)25-24-42(6)36(39(34)44)16-17-38-41(5)21-19-35(32-12-14-33(15-13-32)49-30-48)40(3,4)37(41)20-22-43(38,42)7/h12-15,30-31,34-39H,16-29H2,1-11H3/t34-,35+,36+,37-,38+,39+,41-,42+,43+,44-/m0/s1. The lowest BCUT2D eigenvalue weighted by molar-refractivity contribution is -0.242. The summed E-state index contributed by atoms with van der Waals surface area (Å²) in [7, 11) is 9.04. The van der Waals surface area contributed by atoms with Gasteiger partial charge in [0.1, 0.15) is 5.75 Å². The highest BCUT2D eigenvalue weighted by Gasteiger charge is 2.71. The third-order valence-corrected chi connectivity index (χ3v) is 17.1. The van der Waals surface area contributed by atoms with Crippen LogP contribution in [0.15, 0.2) is 24.3 Å². The summed E-state index contributed by atoms with van der Waals surface area (Å²) >= 11 is 0. The summed E-state index contributed by atoms with van der Waals surface area (Å²) in [6.07, 6.45) is 13.9. The Morgan fingerprint density at radius 2 is 1.39 bits per heavy atom. The number of carbonyl (C=O) groups excluding carboxylic acids is 1. The van der Waals surface area contributed by atoms with Gasteiger partial charge >= 0.3 is 0 Å². The molecule has 0 bridgehead atoms. The highest BCUT2D eigenvalue weighted by atomic mass is 16.5. The third kappa shape index (κ3) is 5.96. The molecule has 0 saturated heterocycles. The van der Waals surface area contributed by atoms with Gasteiger partial charge in [0.15, 0.2) is 0 Å². The first-order valence-electron chi connectivity index (χ1n) is 20.3. The number of carbonyl (C=O) groups is 1. The number of hydrogen-bond acceptors (Lipinski definition) is 5. The minimum atomic E-state index is 0.231. The summed E-state index contributed by atoms with van der Waals surface area (Å²) in [5.41, 5.74) is 3.20. The fourth-order valence-electron chi connectivity index (χ4n) is 14.5. The van der Waals surface area contributed by atoms with E-state index in [1.54, 1.807) is 0 Å². The van der Waals surface area contributed by atoms with Crippen molar-refractivity contribution in [2.75, 3.05) is 54.4 Å². The Labute approximate surface area is 301 Å². The van der Waals surface area contributed by atoms with Crippen LogP contribution in [-0.2, 0) is 4.79 Å². The Kier molecular flexibility index (Phi) is 10.3. The van der Waals surface area contributed by atoms with E-state index in [-0.39, 0.29) is 5.41 Å². The molecule has 1 aromatic carbocycles. The molecule has 0 amide bonds. The molecule has 49 heavy (non-hydrogen) atoms. The monoisotopic (exact) mass is 676 g/mol. The van der Waals surface area contributed by atoms with Crippen LogP contribution < -0.4 is 4.74 Å². The van der Waals surface area contributed by atoms with Crippen LogP contribution in [0.4, 0.5) is 0 Å². The van der Waals surface area contributed by atoms with E-state index in [0.717, 1.165) is 48.6 Å². The van der Waals surface area contributed by atoms with Gasteiger partial charge in [-0.2, -0.15) is 0 Å². The van der Waals surface area contributed by atoms with Crippen molar-refractivity contribution in [2.24, 2.45) is 57.2 Å². The van der Waals surface area contributed by atoms with Gasteiger partial charge in [-0.15, -0.1) is 0 Å². The normalized spacial score (nSPS) is 41.4. The minimum absolute atomic E-state index is 0.231. The molecule has 5 aliphatic carbocycles. The Hall–Kier alpha value is -1.43. The molecular weight excluding hydrogens is 603 g/mol. The van der Waals surface area contributed by atoms with Crippen molar-refractivity contribution in [3.63, 3.8) is 0 Å². The Balaban J connectivity index is 1.31. The van der Waals surface area contributed by atoms with Crippen LogP contribution in [0.2, 0.25) is 0 Å². The van der Waals surface area contributed by atoms with Crippen LogP contribution in [0.1, 0.15) is 124 Å². The van der Waals surface area contributed by atoms with Crippen molar-refractivity contribution in [3.05, 3.63) is 29.8 Å². The fraction of sp³-hybridized carbons (Fsp3) is 0.841. The maximum absolute atomic E-state index is 10.9. The molecule has 1 aromatic rings. The van der Waals surface area contributed by atoms with Crippen LogP contribution in [0.25, 0.3) is 0 Å². The van der Waals surface area contributed by atoms with Gasteiger partial charge in [-0.05, 0) is 173 Å². The smallest absolute Gasteiger partial charge is 0.298 e. The molecule has 5 saturated carbocycles. The average Bonchev–Trinajstić information content (AvgIpc) is 3.43. The molecule has 5 aliphatic rings. The average molecular weight is 676 g/mol. The molecule has 0 radical (unpaired) electrons. The summed E-state index contributed by atoms with van der Waals surface area (Å²) in [4.78, 5) is 18.8. The van der Waals surface area contributed by atoms with E-state index in [2.05, 4.69) is 103 Å². The van der Waals surface area contributed by atoms with E-state index in [0.29, 0.717) is 39.9 Å². The fourth-order valence-corrected chi connectivity index (χ4v) is 14.5. The van der Waals surface area contributed by atoms with E-state index in [4.69, 9.17) is 4.74 Å². The molecule has 0 N–H and O–H groups in total. The van der Waals surface area contributed by atoms with Gasteiger partial charge < -0.3 is 14.5 Å². The van der Waals surface area contributed by atoms with Gasteiger partial charge in [0, 0.05) is 31.7 Å². The Bertz CT molecular complexity index is 1300. The van der Waals surface area contributed by atoms with Crippen LogP contribution in [-0.4, -0.2) is 81.1 Å². The second-order valence-electron chi connectivity index (χ2n) is 20.0.